The third kappa shape index (κ3) is 4.74. The maximum Gasteiger partial charge on any atom is 0.302 e. The van der Waals surface area contributed by atoms with Crippen molar-refractivity contribution in [1.82, 2.24) is 14.9 Å². The predicted molar refractivity (Wildman–Crippen MR) is 121 cm³/mol. The summed E-state index contributed by atoms with van der Waals surface area (Å²) in [7, 11) is 0. The Morgan fingerprint density at radius 1 is 1.29 bits per heavy atom. The molecule has 0 radical (unpaired) electrons. The molecule has 8 heteroatoms. The van der Waals surface area contributed by atoms with Crippen molar-refractivity contribution in [3.63, 3.8) is 0 Å². The number of carbonyl (C=O) groups excluding carboxylic acids is 2. The third-order valence-corrected chi connectivity index (χ3v) is 6.37. The van der Waals surface area contributed by atoms with Crippen molar-refractivity contribution in [2.24, 2.45) is 0 Å². The Kier molecular flexibility index (Phi) is 6.27. The van der Waals surface area contributed by atoms with Gasteiger partial charge in [-0.1, -0.05) is 30.3 Å². The van der Waals surface area contributed by atoms with Crippen molar-refractivity contribution < 1.29 is 14.3 Å². The molecule has 0 aliphatic carbocycles. The van der Waals surface area contributed by atoms with Crippen molar-refractivity contribution in [3.8, 4) is 0 Å². The van der Waals surface area contributed by atoms with Crippen LogP contribution in [-0.4, -0.2) is 39.9 Å². The zero-order chi connectivity index (χ0) is 21.8. The molecule has 0 spiro atoms. The standard InChI is InChI=1S/C23H24N4O3S/c1-15(17-7-4-3-5-8-17)26-22-21-18-10-11-27(20(29)9-6-12-30-16(2)28)13-19(18)31-23(21)25-14-24-22/h3-9,14-15H,10-13H2,1-2H3,(H,24,25,26)/b9-6+/t15-/m1/s1. The van der Waals surface area contributed by atoms with E-state index in [1.807, 2.05) is 18.2 Å². The van der Waals surface area contributed by atoms with Crippen molar-refractivity contribution in [3.05, 3.63) is 64.8 Å². The van der Waals surface area contributed by atoms with E-state index in [1.165, 1.54) is 24.1 Å². The molecule has 7 nitrogen and oxygen atoms in total. The first kappa shape index (κ1) is 21.0. The van der Waals surface area contributed by atoms with Gasteiger partial charge >= 0.3 is 5.97 Å². The maximum atomic E-state index is 12.5. The lowest BCUT2D eigenvalue weighted by Crippen LogP contribution is -2.34. The Labute approximate surface area is 184 Å². The van der Waals surface area contributed by atoms with Crippen LogP contribution in [0.1, 0.15) is 35.9 Å². The number of rotatable bonds is 6. The molecule has 1 amide bonds. The first-order chi connectivity index (χ1) is 15.0. The maximum absolute atomic E-state index is 12.5. The molecule has 1 aliphatic heterocycles. The lowest BCUT2D eigenvalue weighted by molar-refractivity contribution is -0.139. The minimum absolute atomic E-state index is 0.0857. The van der Waals surface area contributed by atoms with Crippen LogP contribution in [0.25, 0.3) is 10.2 Å². The number of benzene rings is 1. The van der Waals surface area contributed by atoms with Gasteiger partial charge in [-0.25, -0.2) is 9.97 Å². The van der Waals surface area contributed by atoms with Gasteiger partial charge in [0.05, 0.1) is 11.9 Å². The van der Waals surface area contributed by atoms with Crippen LogP contribution in [0.3, 0.4) is 0 Å². The minimum atomic E-state index is -0.364. The summed E-state index contributed by atoms with van der Waals surface area (Å²) >= 11 is 1.61. The van der Waals surface area contributed by atoms with E-state index in [9.17, 15) is 9.59 Å². The summed E-state index contributed by atoms with van der Waals surface area (Å²) in [4.78, 5) is 36.2. The molecule has 1 N–H and O–H groups in total. The lowest BCUT2D eigenvalue weighted by Gasteiger charge is -2.26. The van der Waals surface area contributed by atoms with Crippen LogP contribution < -0.4 is 5.32 Å². The number of esters is 1. The van der Waals surface area contributed by atoms with E-state index in [0.717, 1.165) is 27.3 Å². The van der Waals surface area contributed by atoms with Crippen LogP contribution in [0.15, 0.2) is 48.8 Å². The van der Waals surface area contributed by atoms with E-state index in [1.54, 1.807) is 28.6 Å². The molecule has 0 bridgehead atoms. The number of fused-ring (bicyclic) bond motifs is 3. The second kappa shape index (κ2) is 9.26. The molecule has 4 rings (SSSR count). The molecule has 1 atom stereocenters. The molecule has 3 heterocycles. The monoisotopic (exact) mass is 436 g/mol. The van der Waals surface area contributed by atoms with Crippen LogP contribution in [0.2, 0.25) is 0 Å². The zero-order valence-corrected chi connectivity index (χ0v) is 18.3. The summed E-state index contributed by atoms with van der Waals surface area (Å²) in [5.41, 5.74) is 2.41. The highest BCUT2D eigenvalue weighted by atomic mass is 32.1. The highest BCUT2D eigenvalue weighted by Gasteiger charge is 2.25. The first-order valence-corrected chi connectivity index (χ1v) is 11.0. The molecular weight excluding hydrogens is 412 g/mol. The molecule has 0 unspecified atom stereocenters. The normalized spacial score (nSPS) is 14.5. The van der Waals surface area contributed by atoms with Crippen LogP contribution in [0.4, 0.5) is 5.82 Å². The van der Waals surface area contributed by atoms with E-state index < -0.39 is 0 Å². The SMILES string of the molecule is CC(=O)OC/C=C/C(=O)N1CCc2c(sc3ncnc(N[C@H](C)c4ccccc4)c23)C1. The molecule has 31 heavy (non-hydrogen) atoms. The first-order valence-electron chi connectivity index (χ1n) is 10.2. The Balaban J connectivity index is 1.52. The fourth-order valence-electron chi connectivity index (χ4n) is 3.68. The van der Waals surface area contributed by atoms with Crippen molar-refractivity contribution >= 4 is 39.2 Å². The van der Waals surface area contributed by atoms with Gasteiger partial charge in [-0.3, -0.25) is 9.59 Å². The lowest BCUT2D eigenvalue weighted by atomic mass is 10.0. The predicted octanol–water partition coefficient (Wildman–Crippen LogP) is 3.87. The number of amides is 1. The number of aromatic nitrogens is 2. The van der Waals surface area contributed by atoms with Crippen molar-refractivity contribution in [2.45, 2.75) is 32.9 Å². The molecule has 0 saturated heterocycles. The number of anilines is 1. The van der Waals surface area contributed by atoms with Gasteiger partial charge in [-0.15, -0.1) is 11.3 Å². The van der Waals surface area contributed by atoms with E-state index in [2.05, 4.69) is 34.3 Å². The summed E-state index contributed by atoms with van der Waals surface area (Å²) in [6, 6.07) is 10.4. The number of carbonyl (C=O) groups is 2. The van der Waals surface area contributed by atoms with Crippen LogP contribution in [0.5, 0.6) is 0 Å². The molecule has 0 saturated carbocycles. The molecule has 160 valence electrons. The fraction of sp³-hybridized carbons (Fsp3) is 0.304. The minimum Gasteiger partial charge on any atom is -0.462 e. The average Bonchev–Trinajstić information content (AvgIpc) is 3.15. The molecule has 3 aromatic rings. The van der Waals surface area contributed by atoms with Crippen molar-refractivity contribution in [1.29, 1.82) is 0 Å². The molecule has 0 fully saturated rings. The Morgan fingerprint density at radius 2 is 2.10 bits per heavy atom. The smallest absolute Gasteiger partial charge is 0.302 e. The van der Waals surface area contributed by atoms with E-state index in [0.29, 0.717) is 13.1 Å². The summed E-state index contributed by atoms with van der Waals surface area (Å²) in [6.07, 6.45) is 5.38. The summed E-state index contributed by atoms with van der Waals surface area (Å²) in [5, 5.41) is 4.60. The topological polar surface area (TPSA) is 84.4 Å². The zero-order valence-electron chi connectivity index (χ0n) is 17.5. The van der Waals surface area contributed by atoms with Gasteiger partial charge < -0.3 is 15.0 Å². The summed E-state index contributed by atoms with van der Waals surface area (Å²) in [6.45, 7) is 4.73. The Morgan fingerprint density at radius 3 is 2.87 bits per heavy atom. The Bertz CT molecular complexity index is 1130. The van der Waals surface area contributed by atoms with Gasteiger partial charge in [-0.05, 0) is 30.5 Å². The van der Waals surface area contributed by atoms with Gasteiger partial charge in [0, 0.05) is 30.5 Å². The van der Waals surface area contributed by atoms with Crippen LogP contribution >= 0.6 is 11.3 Å². The number of thiophene rings is 1. The second-order valence-electron chi connectivity index (χ2n) is 7.40. The number of nitrogens with zero attached hydrogens (tertiary/aromatic N) is 3. The van der Waals surface area contributed by atoms with Gasteiger partial charge in [0.1, 0.15) is 23.6 Å². The van der Waals surface area contributed by atoms with Gasteiger partial charge in [-0.2, -0.15) is 0 Å². The van der Waals surface area contributed by atoms with E-state index >= 15 is 0 Å². The number of hydrogen-bond donors (Lipinski definition) is 1. The van der Waals surface area contributed by atoms with E-state index in [4.69, 9.17) is 4.74 Å². The van der Waals surface area contributed by atoms with Crippen LogP contribution in [-0.2, 0) is 27.3 Å². The largest absolute Gasteiger partial charge is 0.462 e. The Hall–Kier alpha value is -3.26. The van der Waals surface area contributed by atoms with Crippen LogP contribution in [0, 0.1) is 0 Å². The highest BCUT2D eigenvalue weighted by Crippen LogP contribution is 2.38. The van der Waals surface area contributed by atoms with Gasteiger partial charge in [0.25, 0.3) is 0 Å². The average molecular weight is 437 g/mol. The molecule has 1 aliphatic rings. The summed E-state index contributed by atoms with van der Waals surface area (Å²) < 4.78 is 4.84. The highest BCUT2D eigenvalue weighted by molar-refractivity contribution is 7.19. The van der Waals surface area contributed by atoms with Gasteiger partial charge in [0.15, 0.2) is 0 Å². The van der Waals surface area contributed by atoms with Crippen molar-refractivity contribution in [2.75, 3.05) is 18.5 Å². The van der Waals surface area contributed by atoms with E-state index in [-0.39, 0.29) is 24.5 Å². The quantitative estimate of drug-likeness (QED) is 0.466. The fourth-order valence-corrected chi connectivity index (χ4v) is 4.88. The summed E-state index contributed by atoms with van der Waals surface area (Å²) in [5.74, 6) is 0.384. The number of ether oxygens (including phenoxy) is 1. The molecular formula is C23H24N4O3S. The number of hydrogen-bond acceptors (Lipinski definition) is 7. The number of nitrogens with one attached hydrogen (secondary N) is 1. The molecule has 2 aromatic heterocycles. The third-order valence-electron chi connectivity index (χ3n) is 5.24. The second-order valence-corrected chi connectivity index (χ2v) is 8.48. The van der Waals surface area contributed by atoms with Gasteiger partial charge in [0.2, 0.25) is 5.91 Å². The molecule has 1 aromatic carbocycles.